The smallest absolute Gasteiger partial charge is 0.383 e. The maximum atomic E-state index is 14.8. The molecule has 0 spiro atoms. The summed E-state index contributed by atoms with van der Waals surface area (Å²) in [4.78, 5) is 50.8. The molecule has 1 aliphatic rings. The molecule has 1 aromatic heterocycles. The van der Waals surface area contributed by atoms with Gasteiger partial charge < -0.3 is 35.2 Å². The van der Waals surface area contributed by atoms with Gasteiger partial charge >= 0.3 is 29.2 Å². The van der Waals surface area contributed by atoms with Crippen LogP contribution in [0.5, 0.6) is 0 Å². The Balaban J connectivity index is 2.22. The van der Waals surface area contributed by atoms with Gasteiger partial charge in [-0.05, 0) is 6.07 Å². The van der Waals surface area contributed by atoms with Crippen molar-refractivity contribution in [2.75, 3.05) is 12.3 Å². The Hall–Kier alpha value is -1.50. The van der Waals surface area contributed by atoms with Gasteiger partial charge in [0.2, 0.25) is 5.60 Å². The van der Waals surface area contributed by atoms with Crippen LogP contribution in [0.4, 0.5) is 10.2 Å². The lowest BCUT2D eigenvalue weighted by Gasteiger charge is -2.30. The average molecular weight is 509 g/mol. The Kier molecular flexibility index (Phi) is 7.02. The second-order valence-corrected chi connectivity index (χ2v) is 10.3. The van der Waals surface area contributed by atoms with Crippen LogP contribution in [0.3, 0.4) is 0 Å². The zero-order chi connectivity index (χ0) is 23.9. The van der Waals surface area contributed by atoms with Gasteiger partial charge in [-0.1, -0.05) is 5.92 Å². The highest BCUT2D eigenvalue weighted by molar-refractivity contribution is 7.66. The highest BCUT2D eigenvalue weighted by Gasteiger charge is 2.62. The number of nitrogens with zero attached hydrogens (tertiary/aromatic N) is 2. The number of hydrogen-bond acceptors (Lipinski definition) is 11. The van der Waals surface area contributed by atoms with Crippen molar-refractivity contribution >= 4 is 29.3 Å². The third kappa shape index (κ3) is 6.27. The highest BCUT2D eigenvalue weighted by atomic mass is 31.3. The molecule has 0 aliphatic carbocycles. The summed E-state index contributed by atoms with van der Waals surface area (Å²) in [6, 6.07) is 1.14. The number of aliphatic hydroxyl groups is 1. The predicted molar refractivity (Wildman–Crippen MR) is 95.1 cm³/mol. The first-order chi connectivity index (χ1) is 13.9. The van der Waals surface area contributed by atoms with Gasteiger partial charge in [-0.25, -0.2) is 22.9 Å². The van der Waals surface area contributed by atoms with E-state index in [2.05, 4.69) is 18.1 Å². The van der Waals surface area contributed by atoms with Gasteiger partial charge in [0.05, 0.1) is 6.42 Å². The predicted octanol–water partition coefficient (Wildman–Crippen LogP) is -0.882. The molecule has 20 heteroatoms. The fourth-order valence-electron chi connectivity index (χ4n) is 2.37. The molecule has 1 saturated heterocycles. The van der Waals surface area contributed by atoms with E-state index < -0.39 is 59.9 Å². The molecule has 2 heterocycles. The molecule has 0 saturated carbocycles. The van der Waals surface area contributed by atoms with Gasteiger partial charge in [0, 0.05) is 6.20 Å². The maximum absolute atomic E-state index is 14.8. The average Bonchev–Trinajstić information content (AvgIpc) is 2.80. The normalized spacial score (nSPS) is 30.3. The summed E-state index contributed by atoms with van der Waals surface area (Å²) in [5.41, 5.74) is 1.47. The van der Waals surface area contributed by atoms with E-state index in [1.807, 2.05) is 0 Å². The van der Waals surface area contributed by atoms with Crippen LogP contribution in [0.25, 0.3) is 0 Å². The van der Waals surface area contributed by atoms with E-state index in [0.29, 0.717) is 4.57 Å². The number of anilines is 1. The summed E-state index contributed by atoms with van der Waals surface area (Å²) >= 11 is 0. The molecule has 7 N–H and O–H groups in total. The zero-order valence-corrected chi connectivity index (χ0v) is 17.6. The van der Waals surface area contributed by atoms with Crippen molar-refractivity contribution in [2.45, 2.75) is 24.1 Å². The molecule has 0 radical (unpaired) electrons. The first kappa shape index (κ1) is 25.8. The van der Waals surface area contributed by atoms with Gasteiger partial charge in [-0.2, -0.15) is 13.6 Å². The van der Waals surface area contributed by atoms with Crippen LogP contribution in [-0.4, -0.2) is 52.3 Å². The van der Waals surface area contributed by atoms with Crippen molar-refractivity contribution < 1.29 is 60.6 Å². The van der Waals surface area contributed by atoms with Crippen molar-refractivity contribution in [3.63, 3.8) is 0 Å². The Morgan fingerprint density at radius 1 is 1.32 bits per heavy atom. The van der Waals surface area contributed by atoms with E-state index in [4.69, 9.17) is 31.6 Å². The van der Waals surface area contributed by atoms with E-state index >= 15 is 0 Å². The van der Waals surface area contributed by atoms with Crippen LogP contribution in [0.2, 0.25) is 0 Å². The number of hydrogen-bond donors (Lipinski definition) is 6. The van der Waals surface area contributed by atoms with E-state index in [9.17, 15) is 32.9 Å². The topological polar surface area (TPSA) is 250 Å². The van der Waals surface area contributed by atoms with Crippen molar-refractivity contribution in [3.8, 4) is 12.3 Å². The Labute approximate surface area is 171 Å². The Morgan fingerprint density at radius 3 is 2.45 bits per heavy atom. The highest BCUT2D eigenvalue weighted by Crippen LogP contribution is 2.66. The lowest BCUT2D eigenvalue weighted by atomic mass is 9.96. The first-order valence-electron chi connectivity index (χ1n) is 7.61. The van der Waals surface area contributed by atoms with Crippen LogP contribution in [0.15, 0.2) is 17.1 Å². The number of ether oxygens (including phenoxy) is 1. The minimum atomic E-state index is -5.85. The lowest BCUT2D eigenvalue weighted by molar-refractivity contribution is -0.186. The standard InChI is InChI=1S/C11H15FN3O13P3/c1-2-10(6-25-30(21,22)28-31(23,24)27-29(18,19)20)11(12,17)5-8(26-10)15-4-3-7(13)14-9(15)16/h1,3-4,8,17H,5-6H2,(H,21,22)(H,23,24)(H2,13,14,16)(H2,18,19,20)/t8-,10-,11-/m1/s1. The van der Waals surface area contributed by atoms with E-state index in [1.54, 1.807) is 5.92 Å². The van der Waals surface area contributed by atoms with Gasteiger partial charge in [0.1, 0.15) is 18.7 Å². The second kappa shape index (κ2) is 8.45. The van der Waals surface area contributed by atoms with Crippen molar-refractivity contribution in [3.05, 3.63) is 22.7 Å². The molecular weight excluding hydrogens is 494 g/mol. The van der Waals surface area contributed by atoms with Gasteiger partial charge in [0.15, 0.2) is 0 Å². The van der Waals surface area contributed by atoms with Crippen LogP contribution < -0.4 is 11.4 Å². The number of alkyl halides is 1. The molecule has 0 bridgehead atoms. The van der Waals surface area contributed by atoms with Crippen molar-refractivity contribution in [1.82, 2.24) is 9.55 Å². The number of nitrogens with two attached hydrogens (primary N) is 1. The van der Waals surface area contributed by atoms with Crippen LogP contribution >= 0.6 is 23.5 Å². The van der Waals surface area contributed by atoms with Crippen LogP contribution in [0.1, 0.15) is 12.6 Å². The number of halogens is 1. The fraction of sp³-hybridized carbons (Fsp3) is 0.455. The molecule has 0 amide bonds. The summed E-state index contributed by atoms with van der Waals surface area (Å²) in [6.07, 6.45) is 3.64. The number of aromatic nitrogens is 2. The summed E-state index contributed by atoms with van der Waals surface area (Å²) in [5, 5.41) is 10.0. The van der Waals surface area contributed by atoms with E-state index in [0.717, 1.165) is 12.3 Å². The van der Waals surface area contributed by atoms with E-state index in [-0.39, 0.29) is 5.82 Å². The van der Waals surface area contributed by atoms with Crippen molar-refractivity contribution in [1.29, 1.82) is 0 Å². The van der Waals surface area contributed by atoms with Crippen LogP contribution in [-0.2, 0) is 31.6 Å². The van der Waals surface area contributed by atoms with Gasteiger partial charge in [-0.3, -0.25) is 9.09 Å². The minimum Gasteiger partial charge on any atom is -0.383 e. The number of phosphoric acid groups is 3. The van der Waals surface area contributed by atoms with Crippen molar-refractivity contribution in [2.24, 2.45) is 0 Å². The molecule has 2 rings (SSSR count). The zero-order valence-electron chi connectivity index (χ0n) is 14.9. The molecule has 2 unspecified atom stereocenters. The fourth-order valence-corrected chi connectivity index (χ4v) is 5.41. The van der Waals surface area contributed by atoms with Gasteiger partial charge in [0.25, 0.3) is 5.85 Å². The van der Waals surface area contributed by atoms with E-state index in [1.165, 1.54) is 0 Å². The summed E-state index contributed by atoms with van der Waals surface area (Å²) in [7, 11) is -17.2. The van der Waals surface area contributed by atoms with Crippen LogP contribution in [0, 0.1) is 12.3 Å². The lowest BCUT2D eigenvalue weighted by Crippen LogP contribution is -2.50. The molecule has 1 aliphatic heterocycles. The number of terminal acetylenes is 1. The Morgan fingerprint density at radius 2 is 1.94 bits per heavy atom. The minimum absolute atomic E-state index is 0.175. The number of nitrogen functional groups attached to an aromatic ring is 1. The molecule has 5 atom stereocenters. The molecule has 1 aromatic rings. The second-order valence-electron chi connectivity index (χ2n) is 5.91. The summed E-state index contributed by atoms with van der Waals surface area (Å²) in [5.74, 6) is -1.98. The third-order valence-electron chi connectivity index (χ3n) is 3.64. The largest absolute Gasteiger partial charge is 0.490 e. The third-order valence-corrected chi connectivity index (χ3v) is 7.43. The molecular formula is C11H15FN3O13P3. The molecule has 174 valence electrons. The molecule has 16 nitrogen and oxygen atoms in total. The summed E-state index contributed by atoms with van der Waals surface area (Å²) in [6.45, 7) is -1.49. The monoisotopic (exact) mass is 509 g/mol. The Bertz CT molecular complexity index is 1100. The SMILES string of the molecule is C#C[C@]1(COP(=O)(O)OP(=O)(O)OP(=O)(O)O)O[C@@H](n2ccc(N)nc2=O)C[C@]1(O)F. The molecule has 31 heavy (non-hydrogen) atoms. The summed E-state index contributed by atoms with van der Waals surface area (Å²) < 4.78 is 65.7. The number of rotatable bonds is 8. The van der Waals surface area contributed by atoms with Gasteiger partial charge in [-0.15, -0.1) is 6.42 Å². The number of phosphoric ester groups is 1. The molecule has 0 aromatic carbocycles. The molecule has 1 fully saturated rings. The first-order valence-corrected chi connectivity index (χ1v) is 12.1. The maximum Gasteiger partial charge on any atom is 0.490 e. The quantitative estimate of drug-likeness (QED) is 0.184.